The molecular formula is C22H22N2O3S. The molecule has 0 saturated carbocycles. The van der Waals surface area contributed by atoms with Gasteiger partial charge in [-0.1, -0.05) is 18.2 Å². The molecule has 2 aromatic heterocycles. The van der Waals surface area contributed by atoms with Crippen molar-refractivity contribution in [1.82, 2.24) is 4.98 Å². The minimum Gasteiger partial charge on any atom is -0.497 e. The number of aromatic nitrogens is 1. The summed E-state index contributed by atoms with van der Waals surface area (Å²) in [5.41, 5.74) is 1.76. The number of esters is 1. The summed E-state index contributed by atoms with van der Waals surface area (Å²) in [6, 6.07) is 15.9. The number of pyridine rings is 1. The first-order valence-corrected chi connectivity index (χ1v) is 10.2. The minimum absolute atomic E-state index is 0.246. The second-order valence-electron chi connectivity index (χ2n) is 6.68. The van der Waals surface area contributed by atoms with Gasteiger partial charge in [0.2, 0.25) is 0 Å². The third-order valence-corrected chi connectivity index (χ3v) is 5.80. The maximum absolute atomic E-state index is 12.5. The summed E-state index contributed by atoms with van der Waals surface area (Å²) in [7, 11) is 1.67. The van der Waals surface area contributed by atoms with Crippen LogP contribution in [0.3, 0.4) is 0 Å². The van der Waals surface area contributed by atoms with Gasteiger partial charge >= 0.3 is 5.97 Å². The molecule has 3 aromatic rings. The predicted molar refractivity (Wildman–Crippen MR) is 110 cm³/mol. The van der Waals surface area contributed by atoms with Gasteiger partial charge in [-0.2, -0.15) is 0 Å². The van der Waals surface area contributed by atoms with E-state index in [1.54, 1.807) is 30.7 Å². The van der Waals surface area contributed by atoms with E-state index in [9.17, 15) is 4.79 Å². The van der Waals surface area contributed by atoms with Crippen LogP contribution in [0.2, 0.25) is 0 Å². The van der Waals surface area contributed by atoms with Crippen molar-refractivity contribution >= 4 is 23.1 Å². The minimum atomic E-state index is -0.322. The van der Waals surface area contributed by atoms with Gasteiger partial charge in [0.05, 0.1) is 18.7 Å². The average molecular weight is 394 g/mol. The van der Waals surface area contributed by atoms with Gasteiger partial charge in [-0.25, -0.2) is 9.78 Å². The standard InChI is InChI=1S/C22H22N2O3S/c1-26-18-8-6-16(7-9-18)20-5-2-12-24(20)21-14-17(10-11-23-21)22(25)27-15-19-4-3-13-28-19/h3-4,6-11,13-14,20H,2,5,12,15H2,1H3/t20-/m0/s1. The average Bonchev–Trinajstić information content (AvgIpc) is 3.44. The van der Waals surface area contributed by atoms with E-state index >= 15 is 0 Å². The molecule has 0 N–H and O–H groups in total. The molecule has 0 aliphatic carbocycles. The van der Waals surface area contributed by atoms with Gasteiger partial charge in [-0.05, 0) is 54.1 Å². The number of rotatable bonds is 6. The van der Waals surface area contributed by atoms with Crippen molar-refractivity contribution in [2.24, 2.45) is 0 Å². The molecule has 144 valence electrons. The first kappa shape index (κ1) is 18.5. The Labute approximate surface area is 168 Å². The van der Waals surface area contributed by atoms with Crippen LogP contribution in [0.4, 0.5) is 5.82 Å². The summed E-state index contributed by atoms with van der Waals surface area (Å²) in [6.07, 6.45) is 3.83. The number of benzene rings is 1. The lowest BCUT2D eigenvalue weighted by Gasteiger charge is -2.26. The zero-order chi connectivity index (χ0) is 19.3. The normalized spacial score (nSPS) is 16.2. The van der Waals surface area contributed by atoms with Gasteiger partial charge < -0.3 is 14.4 Å². The van der Waals surface area contributed by atoms with E-state index in [1.165, 1.54) is 5.56 Å². The summed E-state index contributed by atoms with van der Waals surface area (Å²) in [5, 5.41) is 1.97. The zero-order valence-electron chi connectivity index (χ0n) is 15.7. The quantitative estimate of drug-likeness (QED) is 0.560. The third-order valence-electron chi connectivity index (χ3n) is 4.95. The Bertz CT molecular complexity index is 925. The van der Waals surface area contributed by atoms with Crippen LogP contribution in [-0.4, -0.2) is 24.6 Å². The number of thiophene rings is 1. The maximum Gasteiger partial charge on any atom is 0.338 e. The van der Waals surface area contributed by atoms with Crippen LogP contribution in [0, 0.1) is 0 Å². The zero-order valence-corrected chi connectivity index (χ0v) is 16.5. The summed E-state index contributed by atoms with van der Waals surface area (Å²) in [4.78, 5) is 20.3. The smallest absolute Gasteiger partial charge is 0.338 e. The highest BCUT2D eigenvalue weighted by molar-refractivity contribution is 7.09. The lowest BCUT2D eigenvalue weighted by Crippen LogP contribution is -2.24. The van der Waals surface area contributed by atoms with Crippen LogP contribution in [0.5, 0.6) is 5.75 Å². The number of carbonyl (C=O) groups is 1. The molecule has 1 fully saturated rings. The second kappa shape index (κ2) is 8.44. The van der Waals surface area contributed by atoms with Crippen LogP contribution in [0.25, 0.3) is 0 Å². The van der Waals surface area contributed by atoms with E-state index in [0.717, 1.165) is 35.8 Å². The topological polar surface area (TPSA) is 51.7 Å². The molecule has 6 heteroatoms. The van der Waals surface area contributed by atoms with Crippen LogP contribution in [0.15, 0.2) is 60.1 Å². The molecule has 1 aliphatic rings. The van der Waals surface area contributed by atoms with Crippen LogP contribution in [-0.2, 0) is 11.3 Å². The highest BCUT2D eigenvalue weighted by Gasteiger charge is 2.27. The Morgan fingerprint density at radius 3 is 2.86 bits per heavy atom. The van der Waals surface area contributed by atoms with Crippen LogP contribution >= 0.6 is 11.3 Å². The van der Waals surface area contributed by atoms with Gasteiger partial charge in [-0.15, -0.1) is 11.3 Å². The highest BCUT2D eigenvalue weighted by Crippen LogP contribution is 2.36. The van der Waals surface area contributed by atoms with Crippen molar-refractivity contribution in [1.29, 1.82) is 0 Å². The fourth-order valence-electron chi connectivity index (χ4n) is 3.53. The summed E-state index contributed by atoms with van der Waals surface area (Å²) in [6.45, 7) is 1.21. The molecule has 5 nitrogen and oxygen atoms in total. The Balaban J connectivity index is 1.50. The van der Waals surface area contributed by atoms with E-state index < -0.39 is 0 Å². The van der Waals surface area contributed by atoms with Crippen molar-refractivity contribution < 1.29 is 14.3 Å². The highest BCUT2D eigenvalue weighted by atomic mass is 32.1. The van der Waals surface area contributed by atoms with E-state index in [-0.39, 0.29) is 12.0 Å². The van der Waals surface area contributed by atoms with Crippen molar-refractivity contribution in [2.75, 3.05) is 18.6 Å². The van der Waals surface area contributed by atoms with Crippen molar-refractivity contribution in [2.45, 2.75) is 25.5 Å². The third kappa shape index (κ3) is 4.02. The number of carbonyl (C=O) groups excluding carboxylic acids is 1. The van der Waals surface area contributed by atoms with Crippen molar-refractivity contribution in [3.05, 3.63) is 76.1 Å². The molecule has 1 aromatic carbocycles. The van der Waals surface area contributed by atoms with E-state index in [0.29, 0.717) is 12.2 Å². The van der Waals surface area contributed by atoms with E-state index in [2.05, 4.69) is 22.0 Å². The number of nitrogens with zero attached hydrogens (tertiary/aromatic N) is 2. The van der Waals surface area contributed by atoms with Crippen LogP contribution < -0.4 is 9.64 Å². The molecule has 0 unspecified atom stereocenters. The molecule has 1 aliphatic heterocycles. The number of anilines is 1. The van der Waals surface area contributed by atoms with Gasteiger partial charge in [0.15, 0.2) is 0 Å². The lowest BCUT2D eigenvalue weighted by atomic mass is 10.0. The molecule has 3 heterocycles. The Kier molecular flexibility index (Phi) is 5.58. The van der Waals surface area contributed by atoms with Crippen molar-refractivity contribution in [3.63, 3.8) is 0 Å². The van der Waals surface area contributed by atoms with Gasteiger partial charge in [-0.3, -0.25) is 0 Å². The first-order valence-electron chi connectivity index (χ1n) is 9.31. The van der Waals surface area contributed by atoms with E-state index in [4.69, 9.17) is 9.47 Å². The Morgan fingerprint density at radius 2 is 2.11 bits per heavy atom. The molecule has 28 heavy (non-hydrogen) atoms. The number of hydrogen-bond donors (Lipinski definition) is 0. The Hall–Kier alpha value is -2.86. The molecule has 1 saturated heterocycles. The largest absolute Gasteiger partial charge is 0.497 e. The summed E-state index contributed by atoms with van der Waals surface area (Å²) >= 11 is 1.58. The molecule has 0 amide bonds. The van der Waals surface area contributed by atoms with Gasteiger partial charge in [0, 0.05) is 17.6 Å². The fourth-order valence-corrected chi connectivity index (χ4v) is 4.15. The summed E-state index contributed by atoms with van der Waals surface area (Å²) in [5.74, 6) is 1.34. The first-order chi connectivity index (χ1) is 13.7. The monoisotopic (exact) mass is 394 g/mol. The predicted octanol–water partition coefficient (Wildman–Crippen LogP) is 4.85. The molecule has 4 rings (SSSR count). The molecule has 0 spiro atoms. The second-order valence-corrected chi connectivity index (χ2v) is 7.72. The number of methoxy groups -OCH3 is 1. The molecule has 0 bridgehead atoms. The molecule has 1 atom stereocenters. The van der Waals surface area contributed by atoms with Crippen LogP contribution in [0.1, 0.15) is 39.7 Å². The Morgan fingerprint density at radius 1 is 1.25 bits per heavy atom. The lowest BCUT2D eigenvalue weighted by molar-refractivity contribution is 0.0476. The molecular weight excluding hydrogens is 372 g/mol. The fraction of sp³-hybridized carbons (Fsp3) is 0.273. The van der Waals surface area contributed by atoms with Crippen molar-refractivity contribution in [3.8, 4) is 5.75 Å². The SMILES string of the molecule is COc1ccc([C@@H]2CCCN2c2cc(C(=O)OCc3cccs3)ccn2)cc1. The van der Waals surface area contributed by atoms with Gasteiger partial charge in [0.1, 0.15) is 18.2 Å². The van der Waals surface area contributed by atoms with Gasteiger partial charge in [0.25, 0.3) is 0 Å². The number of ether oxygens (including phenoxy) is 2. The number of hydrogen-bond acceptors (Lipinski definition) is 6. The molecule has 0 radical (unpaired) electrons. The maximum atomic E-state index is 12.5. The summed E-state index contributed by atoms with van der Waals surface area (Å²) < 4.78 is 10.7. The van der Waals surface area contributed by atoms with E-state index in [1.807, 2.05) is 35.7 Å².